The molecule has 19 heavy (non-hydrogen) atoms. The van der Waals surface area contributed by atoms with Gasteiger partial charge in [-0.25, -0.2) is 9.37 Å². The highest BCUT2D eigenvalue weighted by Gasteiger charge is 2.15. The summed E-state index contributed by atoms with van der Waals surface area (Å²) in [5.74, 6) is 0.490. The number of nitrogens with zero attached hydrogens (tertiary/aromatic N) is 1. The maximum atomic E-state index is 13.9. The van der Waals surface area contributed by atoms with E-state index in [0.29, 0.717) is 22.6 Å². The van der Waals surface area contributed by atoms with E-state index < -0.39 is 5.82 Å². The zero-order valence-electron chi connectivity index (χ0n) is 10.1. The predicted molar refractivity (Wildman–Crippen MR) is 69.7 cm³/mol. The van der Waals surface area contributed by atoms with Crippen molar-refractivity contribution < 1.29 is 14.2 Å². The summed E-state index contributed by atoms with van der Waals surface area (Å²) in [6, 6.07) is 9.33. The highest BCUT2D eigenvalue weighted by atomic mass is 19.1. The number of fused-ring (bicyclic) bond motifs is 1. The summed E-state index contributed by atoms with van der Waals surface area (Å²) in [6.45, 7) is 0. The van der Waals surface area contributed by atoms with Crippen LogP contribution in [0.5, 0.6) is 11.5 Å². The number of H-pyrrole nitrogens is 1. The fraction of sp³-hybridized carbons (Fsp3) is 0.0714. The van der Waals surface area contributed by atoms with Crippen LogP contribution in [0.2, 0.25) is 0 Å². The number of rotatable bonds is 2. The summed E-state index contributed by atoms with van der Waals surface area (Å²) >= 11 is 0. The number of aromatic amines is 1. The monoisotopic (exact) mass is 258 g/mol. The van der Waals surface area contributed by atoms with Crippen molar-refractivity contribution in [1.82, 2.24) is 9.97 Å². The first-order chi connectivity index (χ1) is 9.19. The van der Waals surface area contributed by atoms with Gasteiger partial charge in [0.25, 0.3) is 0 Å². The number of aromatic hydroxyl groups is 1. The van der Waals surface area contributed by atoms with Crippen LogP contribution in [0.3, 0.4) is 0 Å². The van der Waals surface area contributed by atoms with Gasteiger partial charge < -0.3 is 14.8 Å². The SMILES string of the molecule is COc1cccc(F)c1-c1nc2ccc(O)cc2[nH]1. The Balaban J connectivity index is 2.24. The molecule has 1 aromatic heterocycles. The predicted octanol–water partition coefficient (Wildman–Crippen LogP) is 3.08. The summed E-state index contributed by atoms with van der Waals surface area (Å²) in [6.07, 6.45) is 0. The molecule has 0 amide bonds. The summed E-state index contributed by atoms with van der Waals surface area (Å²) in [4.78, 5) is 7.28. The van der Waals surface area contributed by atoms with E-state index in [1.54, 1.807) is 24.3 Å². The van der Waals surface area contributed by atoms with Crippen molar-refractivity contribution >= 4 is 11.0 Å². The minimum absolute atomic E-state index is 0.128. The molecule has 5 heteroatoms. The van der Waals surface area contributed by atoms with Gasteiger partial charge in [-0.05, 0) is 24.3 Å². The lowest BCUT2D eigenvalue weighted by molar-refractivity contribution is 0.413. The molecule has 0 spiro atoms. The smallest absolute Gasteiger partial charge is 0.145 e. The minimum Gasteiger partial charge on any atom is -0.508 e. The number of imidazole rings is 1. The van der Waals surface area contributed by atoms with Crippen LogP contribution in [0.25, 0.3) is 22.4 Å². The third kappa shape index (κ3) is 1.89. The molecule has 0 radical (unpaired) electrons. The summed E-state index contributed by atoms with van der Waals surface area (Å²) in [5.41, 5.74) is 1.57. The number of phenolic OH excluding ortho intramolecular Hbond substituents is 1. The molecular weight excluding hydrogens is 247 g/mol. The molecule has 2 aromatic carbocycles. The second-order valence-electron chi connectivity index (χ2n) is 4.10. The summed E-state index contributed by atoms with van der Waals surface area (Å²) in [7, 11) is 1.48. The van der Waals surface area contributed by atoms with Gasteiger partial charge in [-0.1, -0.05) is 6.07 Å². The molecule has 1 heterocycles. The molecule has 4 nitrogen and oxygen atoms in total. The number of benzene rings is 2. The Kier molecular flexibility index (Phi) is 2.59. The Morgan fingerprint density at radius 2 is 2.11 bits per heavy atom. The first-order valence-electron chi connectivity index (χ1n) is 5.70. The number of halogens is 1. The zero-order chi connectivity index (χ0) is 13.4. The number of hydrogen-bond acceptors (Lipinski definition) is 3. The van der Waals surface area contributed by atoms with Crippen LogP contribution in [0, 0.1) is 5.82 Å². The molecule has 0 saturated carbocycles. The molecule has 96 valence electrons. The van der Waals surface area contributed by atoms with Gasteiger partial charge in [0, 0.05) is 6.07 Å². The quantitative estimate of drug-likeness (QED) is 0.742. The number of nitrogens with one attached hydrogen (secondary N) is 1. The standard InChI is InChI=1S/C14H11FN2O2/c1-19-12-4-2-3-9(15)13(12)14-16-10-6-5-8(18)7-11(10)17-14/h2-7,18H,1H3,(H,16,17). The number of methoxy groups -OCH3 is 1. The van der Waals surface area contributed by atoms with Gasteiger partial charge in [0.2, 0.25) is 0 Å². The van der Waals surface area contributed by atoms with Crippen LogP contribution < -0.4 is 4.74 Å². The molecule has 0 aliphatic carbocycles. The van der Waals surface area contributed by atoms with Gasteiger partial charge in [0.1, 0.15) is 23.1 Å². The molecule has 3 rings (SSSR count). The normalized spacial score (nSPS) is 10.8. The minimum atomic E-state index is -0.414. The van der Waals surface area contributed by atoms with E-state index >= 15 is 0 Å². The van der Waals surface area contributed by atoms with Crippen molar-refractivity contribution in [1.29, 1.82) is 0 Å². The van der Waals surface area contributed by atoms with E-state index in [1.807, 2.05) is 0 Å². The Morgan fingerprint density at radius 1 is 1.26 bits per heavy atom. The lowest BCUT2D eigenvalue weighted by atomic mass is 10.2. The zero-order valence-corrected chi connectivity index (χ0v) is 10.1. The van der Waals surface area contributed by atoms with Crippen molar-refractivity contribution in [3.05, 3.63) is 42.2 Å². The van der Waals surface area contributed by atoms with Gasteiger partial charge in [-0.15, -0.1) is 0 Å². The van der Waals surface area contributed by atoms with Crippen molar-refractivity contribution in [2.75, 3.05) is 7.11 Å². The number of ether oxygens (including phenoxy) is 1. The Morgan fingerprint density at radius 3 is 2.89 bits per heavy atom. The highest BCUT2D eigenvalue weighted by molar-refractivity contribution is 5.81. The Bertz CT molecular complexity index is 752. The van der Waals surface area contributed by atoms with Crippen LogP contribution >= 0.6 is 0 Å². The molecule has 0 aliphatic heterocycles. The second-order valence-corrected chi connectivity index (χ2v) is 4.10. The van der Waals surface area contributed by atoms with Crippen LogP contribution in [-0.4, -0.2) is 22.2 Å². The fourth-order valence-electron chi connectivity index (χ4n) is 2.02. The van der Waals surface area contributed by atoms with Gasteiger partial charge in [0.05, 0.1) is 23.7 Å². The van der Waals surface area contributed by atoms with Crippen molar-refractivity contribution in [2.24, 2.45) is 0 Å². The number of aromatic nitrogens is 2. The lowest BCUT2D eigenvalue weighted by Gasteiger charge is -2.06. The van der Waals surface area contributed by atoms with Gasteiger partial charge in [0.15, 0.2) is 0 Å². The van der Waals surface area contributed by atoms with Gasteiger partial charge in [-0.3, -0.25) is 0 Å². The van der Waals surface area contributed by atoms with E-state index in [2.05, 4.69) is 9.97 Å². The molecular formula is C14H11FN2O2. The van der Waals surface area contributed by atoms with E-state index in [0.717, 1.165) is 0 Å². The number of hydrogen-bond donors (Lipinski definition) is 2. The second kappa shape index (κ2) is 4.28. The highest BCUT2D eigenvalue weighted by Crippen LogP contribution is 2.32. The van der Waals surface area contributed by atoms with Crippen molar-refractivity contribution in [3.63, 3.8) is 0 Å². The Labute approximate surface area is 108 Å². The maximum Gasteiger partial charge on any atom is 0.145 e. The summed E-state index contributed by atoms with van der Waals surface area (Å²) < 4.78 is 19.1. The Hall–Kier alpha value is -2.56. The van der Waals surface area contributed by atoms with Crippen LogP contribution in [0.15, 0.2) is 36.4 Å². The first-order valence-corrected chi connectivity index (χ1v) is 5.70. The van der Waals surface area contributed by atoms with Crippen molar-refractivity contribution in [2.45, 2.75) is 0 Å². The summed E-state index contributed by atoms with van der Waals surface area (Å²) in [5, 5.41) is 9.42. The molecule has 0 saturated heterocycles. The van der Waals surface area contributed by atoms with Gasteiger partial charge >= 0.3 is 0 Å². The van der Waals surface area contributed by atoms with E-state index in [-0.39, 0.29) is 11.3 Å². The molecule has 0 bridgehead atoms. The average Bonchev–Trinajstić information content (AvgIpc) is 2.80. The topological polar surface area (TPSA) is 58.1 Å². The van der Waals surface area contributed by atoms with Crippen LogP contribution in [-0.2, 0) is 0 Å². The average molecular weight is 258 g/mol. The van der Waals surface area contributed by atoms with Crippen LogP contribution in [0.1, 0.15) is 0 Å². The molecule has 0 fully saturated rings. The number of phenols is 1. The first kappa shape index (κ1) is 11.5. The molecule has 3 aromatic rings. The maximum absolute atomic E-state index is 13.9. The van der Waals surface area contributed by atoms with Crippen LogP contribution in [0.4, 0.5) is 4.39 Å². The molecule has 2 N–H and O–H groups in total. The fourth-order valence-corrected chi connectivity index (χ4v) is 2.02. The lowest BCUT2D eigenvalue weighted by Crippen LogP contribution is -1.92. The third-order valence-electron chi connectivity index (χ3n) is 2.90. The molecule has 0 aliphatic rings. The van der Waals surface area contributed by atoms with Crippen molar-refractivity contribution in [3.8, 4) is 22.9 Å². The van der Waals surface area contributed by atoms with Gasteiger partial charge in [-0.2, -0.15) is 0 Å². The largest absolute Gasteiger partial charge is 0.508 e. The van der Waals surface area contributed by atoms with E-state index in [1.165, 1.54) is 19.2 Å². The molecule has 0 unspecified atom stereocenters. The third-order valence-corrected chi connectivity index (χ3v) is 2.90. The van der Waals surface area contributed by atoms with E-state index in [9.17, 15) is 9.50 Å². The van der Waals surface area contributed by atoms with E-state index in [4.69, 9.17) is 4.74 Å². The molecule has 0 atom stereocenters.